The van der Waals surface area contributed by atoms with Crippen molar-refractivity contribution in [3.05, 3.63) is 59.1 Å². The minimum absolute atomic E-state index is 0. The van der Waals surface area contributed by atoms with Gasteiger partial charge in [0.1, 0.15) is 17.5 Å². The molecule has 0 amide bonds. The van der Waals surface area contributed by atoms with Crippen LogP contribution in [0.5, 0.6) is 5.75 Å². The number of benzene rings is 2. The van der Waals surface area contributed by atoms with Gasteiger partial charge in [0.25, 0.3) is 5.01 Å². The number of phenols is 1. The van der Waals surface area contributed by atoms with E-state index in [0.29, 0.717) is 5.75 Å². The summed E-state index contributed by atoms with van der Waals surface area (Å²) in [5, 5.41) is 10.5. The quantitative estimate of drug-likeness (QED) is 0.499. The second kappa shape index (κ2) is 6.37. The van der Waals surface area contributed by atoms with Crippen LogP contribution in [0.15, 0.2) is 48.5 Å². The number of halogens is 1. The number of aromatic hydroxyl groups is 1. The minimum Gasteiger partial charge on any atom is -1.00 e. The summed E-state index contributed by atoms with van der Waals surface area (Å²) >= 11 is 1.77. The monoisotopic (exact) mass is 395 g/mol. The van der Waals surface area contributed by atoms with E-state index in [2.05, 4.69) is 48.0 Å². The number of rotatable bonds is 2. The van der Waals surface area contributed by atoms with Crippen molar-refractivity contribution in [1.82, 2.24) is 0 Å². The normalized spacial score (nSPS) is 10.8. The number of para-hydroxylation sites is 1. The van der Waals surface area contributed by atoms with E-state index >= 15 is 0 Å². The van der Waals surface area contributed by atoms with Crippen LogP contribution < -0.4 is 28.5 Å². The van der Waals surface area contributed by atoms with Gasteiger partial charge in [-0.05, 0) is 29.8 Å². The maximum Gasteiger partial charge on any atom is 0.262 e. The third kappa shape index (κ3) is 3.02. The molecule has 20 heavy (non-hydrogen) atoms. The first-order valence-electron chi connectivity index (χ1n) is 6.09. The fraction of sp³-hybridized carbons (Fsp3) is 0.0625. The van der Waals surface area contributed by atoms with Crippen molar-refractivity contribution in [1.29, 1.82) is 0 Å². The van der Waals surface area contributed by atoms with E-state index in [4.69, 9.17) is 0 Å². The van der Waals surface area contributed by atoms with Crippen LogP contribution in [0.2, 0.25) is 0 Å². The molecule has 0 spiro atoms. The molecule has 0 radical (unpaired) electrons. The predicted molar refractivity (Wildman–Crippen MR) is 80.0 cm³/mol. The third-order valence-electron chi connectivity index (χ3n) is 3.08. The van der Waals surface area contributed by atoms with Crippen molar-refractivity contribution in [3.8, 4) is 5.75 Å². The highest BCUT2D eigenvalue weighted by atomic mass is 127. The number of phenolic OH excluding ortho intramolecular Hbond substituents is 1. The highest BCUT2D eigenvalue weighted by Gasteiger charge is 2.12. The molecule has 0 aliphatic rings. The van der Waals surface area contributed by atoms with E-state index in [1.54, 1.807) is 23.5 Å². The summed E-state index contributed by atoms with van der Waals surface area (Å²) in [6.07, 6.45) is 4.17. The zero-order chi connectivity index (χ0) is 13.2. The molecule has 1 N–H and O–H groups in total. The molecule has 4 heteroatoms. The van der Waals surface area contributed by atoms with Crippen molar-refractivity contribution in [2.45, 2.75) is 0 Å². The summed E-state index contributed by atoms with van der Waals surface area (Å²) in [6, 6.07) is 15.6. The lowest BCUT2D eigenvalue weighted by atomic mass is 10.2. The lowest BCUT2D eigenvalue weighted by Gasteiger charge is -1.92. The molecule has 2 aromatic carbocycles. The highest BCUT2D eigenvalue weighted by Crippen LogP contribution is 2.21. The Labute approximate surface area is 139 Å². The average Bonchev–Trinajstić information content (AvgIpc) is 2.76. The molecular weight excluding hydrogens is 381 g/mol. The van der Waals surface area contributed by atoms with Crippen molar-refractivity contribution in [2.24, 2.45) is 7.05 Å². The lowest BCUT2D eigenvalue weighted by molar-refractivity contribution is -0.642. The Hall–Kier alpha value is -1.40. The van der Waals surface area contributed by atoms with Gasteiger partial charge in [-0.3, -0.25) is 0 Å². The van der Waals surface area contributed by atoms with Gasteiger partial charge in [0, 0.05) is 12.1 Å². The van der Waals surface area contributed by atoms with Gasteiger partial charge in [0.2, 0.25) is 5.52 Å². The van der Waals surface area contributed by atoms with Gasteiger partial charge in [-0.1, -0.05) is 35.6 Å². The van der Waals surface area contributed by atoms with Crippen molar-refractivity contribution in [2.75, 3.05) is 0 Å². The van der Waals surface area contributed by atoms with Crippen LogP contribution in [-0.4, -0.2) is 5.11 Å². The Bertz CT molecular complexity index is 747. The molecule has 0 saturated heterocycles. The van der Waals surface area contributed by atoms with Gasteiger partial charge < -0.3 is 29.1 Å². The van der Waals surface area contributed by atoms with E-state index in [0.717, 1.165) is 5.56 Å². The Morgan fingerprint density at radius 3 is 2.40 bits per heavy atom. The number of thiazole rings is 1. The molecule has 1 aromatic heterocycles. The largest absolute Gasteiger partial charge is 1.00 e. The Balaban J connectivity index is 0.00000147. The second-order valence-electron chi connectivity index (χ2n) is 4.39. The molecule has 1 heterocycles. The van der Waals surface area contributed by atoms with Gasteiger partial charge in [0.05, 0.1) is 0 Å². The summed E-state index contributed by atoms with van der Waals surface area (Å²) < 4.78 is 3.48. The number of aryl methyl sites for hydroxylation is 1. The van der Waals surface area contributed by atoms with Gasteiger partial charge >= 0.3 is 0 Å². The number of fused-ring (bicyclic) bond motifs is 1. The zero-order valence-corrected chi connectivity index (χ0v) is 13.9. The van der Waals surface area contributed by atoms with Gasteiger partial charge in [0.15, 0.2) is 0 Å². The molecule has 0 fully saturated rings. The lowest BCUT2D eigenvalue weighted by Crippen LogP contribution is -3.00. The van der Waals surface area contributed by atoms with E-state index in [9.17, 15) is 5.11 Å². The highest BCUT2D eigenvalue weighted by molar-refractivity contribution is 7.18. The smallest absolute Gasteiger partial charge is 0.262 e. The molecule has 0 aliphatic carbocycles. The number of hydrogen-bond donors (Lipinski definition) is 1. The van der Waals surface area contributed by atoms with E-state index in [1.165, 1.54) is 15.2 Å². The standard InChI is InChI=1S/C16H13NOS.HI/c1-17-14-4-2-3-5-15(14)19-16(17)11-8-12-6-9-13(18)10-7-12;/h2-11H,1H3;1H. The van der Waals surface area contributed by atoms with Crippen LogP contribution in [0.4, 0.5) is 0 Å². The topological polar surface area (TPSA) is 24.1 Å². The van der Waals surface area contributed by atoms with Crippen LogP contribution in [0.3, 0.4) is 0 Å². The third-order valence-corrected chi connectivity index (χ3v) is 4.27. The van der Waals surface area contributed by atoms with Crippen LogP contribution in [0.25, 0.3) is 22.4 Å². The Kier molecular flexibility index (Phi) is 4.77. The molecule has 3 rings (SSSR count). The molecule has 0 unspecified atom stereocenters. The average molecular weight is 395 g/mol. The maximum atomic E-state index is 9.26. The molecule has 0 aliphatic heterocycles. The SMILES string of the molecule is C[n+]1c(/C=C/c2ccc(O)cc2)sc2ccccc21.[I-]. The summed E-state index contributed by atoms with van der Waals surface area (Å²) in [7, 11) is 2.08. The van der Waals surface area contributed by atoms with Crippen molar-refractivity contribution < 1.29 is 33.7 Å². The fourth-order valence-electron chi connectivity index (χ4n) is 2.02. The van der Waals surface area contributed by atoms with Crippen LogP contribution in [0, 0.1) is 0 Å². The molecule has 0 bridgehead atoms. The summed E-state index contributed by atoms with van der Waals surface area (Å²) in [5.74, 6) is 0.296. The molecule has 0 atom stereocenters. The number of nitrogens with zero attached hydrogens (tertiary/aromatic N) is 1. The Morgan fingerprint density at radius 1 is 1.00 bits per heavy atom. The predicted octanol–water partition coefficient (Wildman–Crippen LogP) is 0.606. The zero-order valence-electron chi connectivity index (χ0n) is 11.0. The molecular formula is C16H14INOS. The first-order valence-corrected chi connectivity index (χ1v) is 6.90. The van der Waals surface area contributed by atoms with Gasteiger partial charge in [-0.25, -0.2) is 0 Å². The molecule has 0 saturated carbocycles. The number of aromatic nitrogens is 1. The summed E-state index contributed by atoms with van der Waals surface area (Å²) in [5.41, 5.74) is 2.33. The second-order valence-corrected chi connectivity index (χ2v) is 5.45. The van der Waals surface area contributed by atoms with E-state index in [1.807, 2.05) is 12.1 Å². The van der Waals surface area contributed by atoms with Crippen LogP contribution >= 0.6 is 11.3 Å². The number of hydrogen-bond acceptors (Lipinski definition) is 2. The maximum absolute atomic E-state index is 9.26. The first kappa shape index (κ1) is 15.0. The molecule has 102 valence electrons. The van der Waals surface area contributed by atoms with Crippen molar-refractivity contribution in [3.63, 3.8) is 0 Å². The molecule has 3 aromatic rings. The Morgan fingerprint density at radius 2 is 1.70 bits per heavy atom. The van der Waals surface area contributed by atoms with Gasteiger partial charge in [-0.15, -0.1) is 0 Å². The summed E-state index contributed by atoms with van der Waals surface area (Å²) in [6.45, 7) is 0. The van der Waals surface area contributed by atoms with Gasteiger partial charge in [-0.2, -0.15) is 4.57 Å². The minimum atomic E-state index is 0. The van der Waals surface area contributed by atoms with E-state index < -0.39 is 0 Å². The fourth-order valence-corrected chi connectivity index (χ4v) is 3.07. The molecule has 2 nitrogen and oxygen atoms in total. The van der Waals surface area contributed by atoms with Crippen LogP contribution in [0.1, 0.15) is 10.6 Å². The first-order chi connectivity index (χ1) is 9.24. The van der Waals surface area contributed by atoms with Crippen LogP contribution in [-0.2, 0) is 7.05 Å². The van der Waals surface area contributed by atoms with E-state index in [-0.39, 0.29) is 24.0 Å². The van der Waals surface area contributed by atoms with Crippen molar-refractivity contribution >= 4 is 33.7 Å². The summed E-state index contributed by atoms with van der Waals surface area (Å²) in [4.78, 5) is 0.